The van der Waals surface area contributed by atoms with Gasteiger partial charge < -0.3 is 5.32 Å². The van der Waals surface area contributed by atoms with Crippen LogP contribution in [0.25, 0.3) is 0 Å². The maximum Gasteiger partial charge on any atom is 0.238 e. The Morgan fingerprint density at radius 2 is 2.00 bits per heavy atom. The number of likely N-dealkylation sites (tertiary alicyclic amines) is 1. The van der Waals surface area contributed by atoms with E-state index in [2.05, 4.69) is 29.3 Å². The number of benzene rings is 1. The molecule has 2 saturated heterocycles. The maximum atomic E-state index is 12.3. The van der Waals surface area contributed by atoms with E-state index in [9.17, 15) is 10.1 Å². The third kappa shape index (κ3) is 4.35. The second-order valence-corrected chi connectivity index (χ2v) is 8.81. The first-order chi connectivity index (χ1) is 14.6. The smallest absolute Gasteiger partial charge is 0.238 e. The molecule has 2 unspecified atom stereocenters. The molecule has 1 aromatic heterocycles. The van der Waals surface area contributed by atoms with Gasteiger partial charge in [0.15, 0.2) is 0 Å². The van der Waals surface area contributed by atoms with E-state index in [0.29, 0.717) is 17.8 Å². The van der Waals surface area contributed by atoms with Gasteiger partial charge in [0.2, 0.25) is 5.91 Å². The number of nitrogens with zero attached hydrogens (tertiary/aromatic N) is 6. The molecule has 0 spiro atoms. The minimum Gasteiger partial charge on any atom is -0.325 e. The third-order valence-corrected chi connectivity index (χ3v) is 7.03. The Hall–Kier alpha value is -2.82. The highest BCUT2D eigenvalue weighted by atomic mass is 32.2. The van der Waals surface area contributed by atoms with Gasteiger partial charge in [-0.05, 0) is 43.5 Å². The van der Waals surface area contributed by atoms with Crippen LogP contribution in [0.1, 0.15) is 37.8 Å². The van der Waals surface area contributed by atoms with Crippen LogP contribution in [0.2, 0.25) is 0 Å². The Morgan fingerprint density at radius 3 is 2.63 bits per heavy atom. The second kappa shape index (κ2) is 8.90. The number of amides is 1. The summed E-state index contributed by atoms with van der Waals surface area (Å²) in [7, 11) is 0. The lowest BCUT2D eigenvalue weighted by molar-refractivity contribution is -0.117. The van der Waals surface area contributed by atoms with Crippen molar-refractivity contribution in [1.82, 2.24) is 14.7 Å². The topological polar surface area (TPSA) is 106 Å². The van der Waals surface area contributed by atoms with Crippen LogP contribution in [0.3, 0.4) is 0 Å². The number of thioether (sulfide) groups is 1. The van der Waals surface area contributed by atoms with Gasteiger partial charge in [0.25, 0.3) is 0 Å². The van der Waals surface area contributed by atoms with Gasteiger partial charge in [0.1, 0.15) is 6.04 Å². The van der Waals surface area contributed by atoms with E-state index in [0.717, 1.165) is 38.1 Å². The molecule has 158 valence electrons. The molecule has 0 bridgehead atoms. The molecular formula is C20H25N7O2S. The zero-order chi connectivity index (χ0) is 21.1. The fourth-order valence-corrected chi connectivity index (χ4v) is 5.17. The second-order valence-electron chi connectivity index (χ2n) is 7.60. The molecule has 1 aromatic carbocycles. The number of rotatable bonds is 6. The molecule has 4 rings (SSSR count). The van der Waals surface area contributed by atoms with E-state index >= 15 is 0 Å². The molecule has 1 N–H and O–H groups in total. The lowest BCUT2D eigenvalue weighted by Gasteiger charge is -2.29. The van der Waals surface area contributed by atoms with Crippen LogP contribution in [0.5, 0.6) is 0 Å². The van der Waals surface area contributed by atoms with Crippen LogP contribution in [-0.2, 0) is 4.79 Å². The predicted octanol–water partition coefficient (Wildman–Crippen LogP) is 2.34. The van der Waals surface area contributed by atoms with Crippen molar-refractivity contribution in [3.05, 3.63) is 29.8 Å². The zero-order valence-electron chi connectivity index (χ0n) is 16.9. The van der Waals surface area contributed by atoms with E-state index in [-0.39, 0.29) is 23.4 Å². The van der Waals surface area contributed by atoms with Gasteiger partial charge in [0.05, 0.1) is 35.7 Å². The van der Waals surface area contributed by atoms with Crippen molar-refractivity contribution in [3.8, 4) is 12.1 Å². The molecule has 10 heteroatoms. The number of hydrogen-bond acceptors (Lipinski definition) is 7. The van der Waals surface area contributed by atoms with Crippen molar-refractivity contribution < 1.29 is 9.42 Å². The molecular weight excluding hydrogens is 402 g/mol. The molecule has 0 aliphatic carbocycles. The third-order valence-electron chi connectivity index (χ3n) is 5.59. The largest absolute Gasteiger partial charge is 0.325 e. The summed E-state index contributed by atoms with van der Waals surface area (Å²) in [5, 5.41) is 23.4. The summed E-state index contributed by atoms with van der Waals surface area (Å²) in [5.74, 6) is 0.745. The molecule has 3 heterocycles. The number of carbonyl (C=O) groups is 1. The fourth-order valence-electron chi connectivity index (χ4n) is 3.93. The summed E-state index contributed by atoms with van der Waals surface area (Å²) >= 11 is 1.80. The predicted molar refractivity (Wildman–Crippen MR) is 113 cm³/mol. The average molecular weight is 428 g/mol. The average Bonchev–Trinajstić information content (AvgIpc) is 3.45. The summed E-state index contributed by atoms with van der Waals surface area (Å²) in [5.41, 5.74) is 1.27. The molecule has 2 aliphatic heterocycles. The van der Waals surface area contributed by atoms with Gasteiger partial charge in [-0.3, -0.25) is 9.69 Å². The maximum absolute atomic E-state index is 12.3. The van der Waals surface area contributed by atoms with E-state index in [4.69, 9.17) is 9.89 Å². The van der Waals surface area contributed by atoms with Crippen LogP contribution in [0.4, 0.5) is 5.69 Å². The number of nitrogens with one attached hydrogen (secondary N) is 1. The van der Waals surface area contributed by atoms with Crippen molar-refractivity contribution in [2.75, 3.05) is 35.7 Å². The standard InChI is InChI=1S/C20H25N7O2S/c1-2-20-25(18(12-22)14-30-20)27-26(29-27)17-7-9-24(10-8-17)13-19(28)23-16-5-3-15(11-21)4-6-16/h3-6,17-18,20H,2,7-10,13-14H2,1H3,(H,23,28). The van der Waals surface area contributed by atoms with E-state index in [1.807, 2.05) is 9.86 Å². The summed E-state index contributed by atoms with van der Waals surface area (Å²) in [6.07, 6.45) is 2.76. The van der Waals surface area contributed by atoms with Crippen LogP contribution < -0.4 is 10.3 Å². The number of anilines is 1. The highest BCUT2D eigenvalue weighted by Crippen LogP contribution is 2.33. The quantitative estimate of drug-likeness (QED) is 0.754. The zero-order valence-corrected chi connectivity index (χ0v) is 17.7. The summed E-state index contributed by atoms with van der Waals surface area (Å²) in [4.78, 5) is 18.1. The Kier molecular flexibility index (Phi) is 6.07. The van der Waals surface area contributed by atoms with Crippen molar-refractivity contribution in [2.24, 2.45) is 0 Å². The van der Waals surface area contributed by atoms with Crippen molar-refractivity contribution in [3.63, 3.8) is 0 Å². The molecule has 1 amide bonds. The minimum atomic E-state index is -0.157. The van der Waals surface area contributed by atoms with Gasteiger partial charge in [-0.25, -0.2) is 9.64 Å². The van der Waals surface area contributed by atoms with Gasteiger partial charge in [0, 0.05) is 29.5 Å². The molecule has 30 heavy (non-hydrogen) atoms. The number of hydrogen-bond donors (Lipinski definition) is 1. The van der Waals surface area contributed by atoms with Gasteiger partial charge in [-0.2, -0.15) is 10.5 Å². The van der Waals surface area contributed by atoms with E-state index in [1.165, 1.54) is 0 Å². The number of aromatic nitrogens is 2. The molecule has 9 nitrogen and oxygen atoms in total. The summed E-state index contributed by atoms with van der Waals surface area (Å²) in [6, 6.07) is 11.4. The van der Waals surface area contributed by atoms with E-state index < -0.39 is 0 Å². The number of piperidine rings is 1. The van der Waals surface area contributed by atoms with E-state index in [1.54, 1.807) is 41.0 Å². The highest BCUT2D eigenvalue weighted by Gasteiger charge is 2.40. The fraction of sp³-hybridized carbons (Fsp3) is 0.550. The first-order valence-electron chi connectivity index (χ1n) is 10.2. The first kappa shape index (κ1) is 20.5. The number of nitriles is 2. The molecule has 0 radical (unpaired) electrons. The molecule has 2 atom stereocenters. The summed E-state index contributed by atoms with van der Waals surface area (Å²) in [6.45, 7) is 4.09. The minimum absolute atomic E-state index is 0.0560. The van der Waals surface area contributed by atoms with Gasteiger partial charge in [-0.15, -0.1) is 11.8 Å². The molecule has 2 fully saturated rings. The Morgan fingerprint density at radius 1 is 1.27 bits per heavy atom. The highest BCUT2D eigenvalue weighted by molar-refractivity contribution is 8.00. The summed E-state index contributed by atoms with van der Waals surface area (Å²) < 4.78 is 5.73. The molecule has 0 saturated carbocycles. The van der Waals surface area contributed by atoms with Crippen molar-refractivity contribution in [1.29, 1.82) is 10.5 Å². The SMILES string of the molecule is CCC1SCC(C#N)N1n1on1C1CCN(CC(=O)Nc2ccc(C#N)cc2)CC1. The molecule has 2 aromatic rings. The van der Waals surface area contributed by atoms with Crippen LogP contribution in [-0.4, -0.2) is 57.4 Å². The molecule has 2 aliphatic rings. The van der Waals surface area contributed by atoms with Crippen molar-refractivity contribution in [2.45, 2.75) is 43.6 Å². The van der Waals surface area contributed by atoms with Crippen LogP contribution >= 0.6 is 11.8 Å². The van der Waals surface area contributed by atoms with Gasteiger partial charge >= 0.3 is 0 Å². The normalized spacial score (nSPS) is 22.7. The lowest BCUT2D eigenvalue weighted by Crippen LogP contribution is -2.43. The van der Waals surface area contributed by atoms with Crippen LogP contribution in [0, 0.1) is 22.7 Å². The van der Waals surface area contributed by atoms with Crippen LogP contribution in [0.15, 0.2) is 28.9 Å². The van der Waals surface area contributed by atoms with Crippen molar-refractivity contribution >= 4 is 23.4 Å². The van der Waals surface area contributed by atoms with Gasteiger partial charge in [-0.1, -0.05) is 11.8 Å². The first-order valence-corrected chi connectivity index (χ1v) is 11.3. The lowest BCUT2D eigenvalue weighted by atomic mass is 10.1. The Bertz CT molecular complexity index is 940. The number of carbonyl (C=O) groups excluding carboxylic acids is 1. The Balaban J connectivity index is 1.26. The Labute approximate surface area is 179 Å². The monoisotopic (exact) mass is 427 g/mol.